The van der Waals surface area contributed by atoms with E-state index >= 15 is 0 Å². The van der Waals surface area contributed by atoms with Gasteiger partial charge in [-0.15, -0.1) is 0 Å². The molecule has 0 bridgehead atoms. The molecule has 6 heteroatoms. The molecule has 2 fully saturated rings. The Morgan fingerprint density at radius 2 is 2.20 bits per heavy atom. The molecule has 6 nitrogen and oxygen atoms in total. The Balaban J connectivity index is 1.50. The molecule has 1 amide bonds. The first-order chi connectivity index (χ1) is 9.76. The van der Waals surface area contributed by atoms with Gasteiger partial charge in [0.15, 0.2) is 5.82 Å². The monoisotopic (exact) mass is 273 g/mol. The van der Waals surface area contributed by atoms with Crippen molar-refractivity contribution in [1.82, 2.24) is 15.5 Å². The Labute approximate surface area is 118 Å². The lowest BCUT2D eigenvalue weighted by Gasteiger charge is -2.32. The molecule has 2 aliphatic rings. The van der Waals surface area contributed by atoms with Crippen molar-refractivity contribution in [2.24, 2.45) is 0 Å². The highest BCUT2D eigenvalue weighted by Gasteiger charge is 2.27. The number of nitrogens with one attached hydrogen (secondary N) is 2. The van der Waals surface area contributed by atoms with Crippen molar-refractivity contribution in [3.8, 4) is 6.07 Å². The highest BCUT2D eigenvalue weighted by atomic mass is 16.1. The number of anilines is 1. The summed E-state index contributed by atoms with van der Waals surface area (Å²) < 4.78 is 0. The van der Waals surface area contributed by atoms with Gasteiger partial charge in [0.1, 0.15) is 6.42 Å². The number of carbonyl (C=O) groups is 1. The minimum Gasteiger partial charge on any atom is -0.355 e. The van der Waals surface area contributed by atoms with Gasteiger partial charge in [-0.2, -0.15) is 10.4 Å². The number of hydrogen-bond donors (Lipinski definition) is 2. The van der Waals surface area contributed by atoms with Crippen LogP contribution in [-0.4, -0.2) is 35.2 Å². The number of amides is 1. The lowest BCUT2D eigenvalue weighted by Crippen LogP contribution is -2.44. The number of aromatic nitrogens is 2. The van der Waals surface area contributed by atoms with E-state index in [-0.39, 0.29) is 18.4 Å². The van der Waals surface area contributed by atoms with Crippen LogP contribution in [0.25, 0.3) is 0 Å². The molecule has 1 saturated heterocycles. The van der Waals surface area contributed by atoms with Crippen LogP contribution < -0.4 is 10.2 Å². The molecule has 0 spiro atoms. The van der Waals surface area contributed by atoms with Crippen molar-refractivity contribution in [3.05, 3.63) is 11.8 Å². The predicted octanol–water partition coefficient (Wildman–Crippen LogP) is 1.29. The van der Waals surface area contributed by atoms with Gasteiger partial charge in [-0.05, 0) is 25.7 Å². The topological polar surface area (TPSA) is 84.8 Å². The van der Waals surface area contributed by atoms with E-state index in [1.807, 2.05) is 6.07 Å². The number of nitrogens with zero attached hydrogens (tertiary/aromatic N) is 3. The van der Waals surface area contributed by atoms with E-state index in [9.17, 15) is 4.79 Å². The van der Waals surface area contributed by atoms with E-state index < -0.39 is 0 Å². The fraction of sp³-hybridized carbons (Fsp3) is 0.643. The van der Waals surface area contributed by atoms with E-state index in [0.29, 0.717) is 5.92 Å². The smallest absolute Gasteiger partial charge is 0.234 e. The van der Waals surface area contributed by atoms with Crippen molar-refractivity contribution in [2.75, 3.05) is 18.0 Å². The number of piperidine rings is 1. The lowest BCUT2D eigenvalue weighted by molar-refractivity contribution is -0.120. The summed E-state index contributed by atoms with van der Waals surface area (Å²) in [6, 6.07) is 4.22. The summed E-state index contributed by atoms with van der Waals surface area (Å²) in [5.74, 6) is 1.55. The first-order valence-electron chi connectivity index (χ1n) is 7.23. The van der Waals surface area contributed by atoms with Gasteiger partial charge < -0.3 is 10.2 Å². The Bertz CT molecular complexity index is 520. The molecule has 2 N–H and O–H groups in total. The average molecular weight is 273 g/mol. The van der Waals surface area contributed by atoms with Crippen molar-refractivity contribution >= 4 is 11.7 Å². The fourth-order valence-electron chi connectivity index (χ4n) is 2.69. The molecular formula is C14H19N5O. The molecule has 0 radical (unpaired) electrons. The SMILES string of the molecule is N#CCC(=O)NC1CCN(c2cc(C3CC3)[nH]n2)CC1. The second-order valence-electron chi connectivity index (χ2n) is 5.62. The standard InChI is InChI=1S/C14H19N5O/c15-6-3-14(20)16-11-4-7-19(8-5-11)13-9-12(17-18-13)10-1-2-10/h9-11H,1-5,7-8H2,(H,16,20)(H,17,18). The van der Waals surface area contributed by atoms with Crippen LogP contribution in [0, 0.1) is 11.3 Å². The van der Waals surface area contributed by atoms with Crippen LogP contribution in [0.4, 0.5) is 5.82 Å². The zero-order valence-corrected chi connectivity index (χ0v) is 11.4. The molecular weight excluding hydrogens is 254 g/mol. The second kappa shape index (κ2) is 5.53. The third-order valence-electron chi connectivity index (χ3n) is 4.03. The molecule has 1 aliphatic heterocycles. The van der Waals surface area contributed by atoms with Gasteiger partial charge in [0.05, 0.1) is 6.07 Å². The molecule has 1 aliphatic carbocycles. The molecule has 1 saturated carbocycles. The van der Waals surface area contributed by atoms with Crippen LogP contribution in [0.2, 0.25) is 0 Å². The van der Waals surface area contributed by atoms with Gasteiger partial charge >= 0.3 is 0 Å². The van der Waals surface area contributed by atoms with Gasteiger partial charge in [0.2, 0.25) is 5.91 Å². The normalized spacial score (nSPS) is 19.6. The minimum absolute atomic E-state index is 0.0513. The summed E-state index contributed by atoms with van der Waals surface area (Å²) in [7, 11) is 0. The van der Waals surface area contributed by atoms with Crippen LogP contribution in [0.15, 0.2) is 6.07 Å². The van der Waals surface area contributed by atoms with E-state index in [1.54, 1.807) is 0 Å². The highest BCUT2D eigenvalue weighted by Crippen LogP contribution is 2.40. The first-order valence-corrected chi connectivity index (χ1v) is 7.23. The minimum atomic E-state index is -0.165. The third kappa shape index (κ3) is 2.93. The summed E-state index contributed by atoms with van der Waals surface area (Å²) in [6.07, 6.45) is 4.30. The van der Waals surface area contributed by atoms with E-state index in [0.717, 1.165) is 31.7 Å². The second-order valence-corrected chi connectivity index (χ2v) is 5.62. The quantitative estimate of drug-likeness (QED) is 0.865. The molecule has 0 atom stereocenters. The Kier molecular flexibility index (Phi) is 3.59. The maximum atomic E-state index is 11.4. The summed E-state index contributed by atoms with van der Waals surface area (Å²) in [4.78, 5) is 13.6. The number of H-pyrrole nitrogens is 1. The zero-order valence-electron chi connectivity index (χ0n) is 11.4. The molecule has 3 rings (SSSR count). The predicted molar refractivity (Wildman–Crippen MR) is 74.2 cm³/mol. The molecule has 20 heavy (non-hydrogen) atoms. The van der Waals surface area contributed by atoms with E-state index in [2.05, 4.69) is 26.5 Å². The van der Waals surface area contributed by atoms with Crippen molar-refractivity contribution in [1.29, 1.82) is 5.26 Å². The molecule has 2 heterocycles. The van der Waals surface area contributed by atoms with Crippen molar-refractivity contribution in [2.45, 2.75) is 44.1 Å². The fourth-order valence-corrected chi connectivity index (χ4v) is 2.69. The number of nitriles is 1. The van der Waals surface area contributed by atoms with E-state index in [1.165, 1.54) is 18.5 Å². The van der Waals surface area contributed by atoms with Crippen molar-refractivity contribution < 1.29 is 4.79 Å². The van der Waals surface area contributed by atoms with Gasteiger partial charge in [-0.1, -0.05) is 0 Å². The van der Waals surface area contributed by atoms with E-state index in [4.69, 9.17) is 5.26 Å². The summed E-state index contributed by atoms with van der Waals surface area (Å²) >= 11 is 0. The number of rotatable bonds is 4. The molecule has 0 unspecified atom stereocenters. The van der Waals surface area contributed by atoms with Crippen LogP contribution in [0.3, 0.4) is 0 Å². The number of aromatic amines is 1. The number of carbonyl (C=O) groups excluding carboxylic acids is 1. The maximum Gasteiger partial charge on any atom is 0.234 e. The molecule has 0 aromatic carbocycles. The molecule has 106 valence electrons. The van der Waals surface area contributed by atoms with Gasteiger partial charge in [-0.3, -0.25) is 9.89 Å². The third-order valence-corrected chi connectivity index (χ3v) is 4.03. The summed E-state index contributed by atoms with van der Waals surface area (Å²) in [6.45, 7) is 1.79. The largest absolute Gasteiger partial charge is 0.355 e. The molecule has 1 aromatic rings. The highest BCUT2D eigenvalue weighted by molar-refractivity contribution is 5.78. The van der Waals surface area contributed by atoms with Gasteiger partial charge in [-0.25, -0.2) is 0 Å². The van der Waals surface area contributed by atoms with Crippen LogP contribution >= 0.6 is 0 Å². The maximum absolute atomic E-state index is 11.4. The first kappa shape index (κ1) is 13.0. The molecule has 1 aromatic heterocycles. The van der Waals surface area contributed by atoms with Gasteiger partial charge in [0.25, 0.3) is 0 Å². The summed E-state index contributed by atoms with van der Waals surface area (Å²) in [5, 5.41) is 18.9. The van der Waals surface area contributed by atoms with Gasteiger partial charge in [0, 0.05) is 36.8 Å². The van der Waals surface area contributed by atoms with Crippen molar-refractivity contribution in [3.63, 3.8) is 0 Å². The number of hydrogen-bond acceptors (Lipinski definition) is 4. The zero-order chi connectivity index (χ0) is 13.9. The van der Waals surface area contributed by atoms with Crippen LogP contribution in [0.1, 0.15) is 43.7 Å². The average Bonchev–Trinajstić information content (AvgIpc) is 3.18. The lowest BCUT2D eigenvalue weighted by atomic mass is 10.0. The Hall–Kier alpha value is -2.03. The van der Waals surface area contributed by atoms with Crippen LogP contribution in [-0.2, 0) is 4.79 Å². The Morgan fingerprint density at radius 1 is 1.45 bits per heavy atom. The Morgan fingerprint density at radius 3 is 2.85 bits per heavy atom. The van der Waals surface area contributed by atoms with Crippen LogP contribution in [0.5, 0.6) is 0 Å². The summed E-state index contributed by atoms with van der Waals surface area (Å²) in [5.41, 5.74) is 1.25.